The van der Waals surface area contributed by atoms with Crippen molar-refractivity contribution in [1.82, 2.24) is 4.57 Å². The number of ether oxygens (including phenoxy) is 1. The topological polar surface area (TPSA) is 94.8 Å². The van der Waals surface area contributed by atoms with Crippen molar-refractivity contribution in [3.63, 3.8) is 0 Å². The standard InChI is InChI=1S/C25H29NO6S/c1-18(26-16-13-20-17-22(11-12-23(20)26)32-33(2,29)30)5-6-19-7-9-21(10-8-19)31-25(24(27)28)14-3-4-15-25/h7-13,16-18H,3-6,14-15H2,1-2H3,(H,27,28). The predicted octanol–water partition coefficient (Wildman–Crippen LogP) is 4.95. The minimum Gasteiger partial charge on any atom is -0.478 e. The molecule has 1 saturated carbocycles. The number of hydrogen-bond donors (Lipinski definition) is 1. The highest BCUT2D eigenvalue weighted by molar-refractivity contribution is 7.86. The first-order valence-corrected chi connectivity index (χ1v) is 13.0. The molecule has 0 aliphatic heterocycles. The molecule has 0 radical (unpaired) electrons. The Labute approximate surface area is 194 Å². The maximum Gasteiger partial charge on any atom is 0.348 e. The van der Waals surface area contributed by atoms with E-state index in [-0.39, 0.29) is 6.04 Å². The molecule has 1 N–H and O–H groups in total. The number of nitrogens with zero attached hydrogens (tertiary/aromatic N) is 1. The van der Waals surface area contributed by atoms with Gasteiger partial charge < -0.3 is 18.6 Å². The minimum atomic E-state index is -3.56. The zero-order valence-corrected chi connectivity index (χ0v) is 19.7. The summed E-state index contributed by atoms with van der Waals surface area (Å²) in [7, 11) is -3.56. The number of rotatable bonds is 9. The molecule has 0 saturated heterocycles. The van der Waals surface area contributed by atoms with Crippen LogP contribution in [0.5, 0.6) is 11.5 Å². The molecule has 1 atom stereocenters. The van der Waals surface area contributed by atoms with Crippen LogP contribution in [0, 0.1) is 0 Å². The number of hydrogen-bond acceptors (Lipinski definition) is 5. The van der Waals surface area contributed by atoms with E-state index in [0.29, 0.717) is 24.3 Å². The highest BCUT2D eigenvalue weighted by Gasteiger charge is 2.43. The summed E-state index contributed by atoms with van der Waals surface area (Å²) in [6.07, 6.45) is 7.66. The molecule has 3 aromatic rings. The zero-order chi connectivity index (χ0) is 23.6. The molecule has 7 nitrogen and oxygen atoms in total. The van der Waals surface area contributed by atoms with Crippen molar-refractivity contribution in [3.8, 4) is 11.5 Å². The van der Waals surface area contributed by atoms with E-state index in [1.54, 1.807) is 12.1 Å². The smallest absolute Gasteiger partial charge is 0.348 e. The molecule has 1 aliphatic carbocycles. The Kier molecular flexibility index (Phi) is 6.38. The average Bonchev–Trinajstić information content (AvgIpc) is 3.39. The minimum absolute atomic E-state index is 0.230. The number of carbonyl (C=O) groups is 1. The number of benzene rings is 2. The maximum atomic E-state index is 11.7. The van der Waals surface area contributed by atoms with E-state index in [2.05, 4.69) is 11.5 Å². The van der Waals surface area contributed by atoms with Crippen LogP contribution in [0.3, 0.4) is 0 Å². The van der Waals surface area contributed by atoms with Crippen molar-refractivity contribution in [3.05, 3.63) is 60.3 Å². The molecule has 2 aromatic carbocycles. The van der Waals surface area contributed by atoms with Gasteiger partial charge in [-0.1, -0.05) is 12.1 Å². The molecule has 0 amide bonds. The van der Waals surface area contributed by atoms with Gasteiger partial charge in [0.1, 0.15) is 11.5 Å². The third kappa shape index (κ3) is 5.33. The highest BCUT2D eigenvalue weighted by atomic mass is 32.2. The average molecular weight is 472 g/mol. The summed E-state index contributed by atoms with van der Waals surface area (Å²) in [5.74, 6) is 0.0199. The van der Waals surface area contributed by atoms with Gasteiger partial charge in [0.25, 0.3) is 0 Å². The van der Waals surface area contributed by atoms with Crippen molar-refractivity contribution in [2.75, 3.05) is 6.26 Å². The zero-order valence-electron chi connectivity index (χ0n) is 18.9. The van der Waals surface area contributed by atoms with Crippen molar-refractivity contribution < 1.29 is 27.2 Å². The van der Waals surface area contributed by atoms with E-state index in [9.17, 15) is 18.3 Å². The van der Waals surface area contributed by atoms with Crippen molar-refractivity contribution in [2.45, 2.75) is 57.1 Å². The second kappa shape index (κ2) is 9.09. The number of aromatic nitrogens is 1. The van der Waals surface area contributed by atoms with Crippen LogP contribution in [-0.2, 0) is 21.3 Å². The quantitative estimate of drug-likeness (QED) is 0.444. The fraction of sp³-hybridized carbons (Fsp3) is 0.400. The van der Waals surface area contributed by atoms with Crippen LogP contribution < -0.4 is 8.92 Å². The van der Waals surface area contributed by atoms with E-state index < -0.39 is 21.7 Å². The van der Waals surface area contributed by atoms with Crippen molar-refractivity contribution in [1.29, 1.82) is 0 Å². The van der Waals surface area contributed by atoms with Crippen LogP contribution >= 0.6 is 0 Å². The summed E-state index contributed by atoms with van der Waals surface area (Å²) in [4.78, 5) is 11.7. The molecule has 8 heteroatoms. The van der Waals surface area contributed by atoms with Gasteiger partial charge >= 0.3 is 16.1 Å². The molecule has 1 unspecified atom stereocenters. The number of fused-ring (bicyclic) bond motifs is 1. The van der Waals surface area contributed by atoms with E-state index in [4.69, 9.17) is 8.92 Å². The fourth-order valence-electron chi connectivity index (χ4n) is 4.52. The van der Waals surface area contributed by atoms with E-state index >= 15 is 0 Å². The molecular formula is C25H29NO6S. The molecule has 1 aromatic heterocycles. The summed E-state index contributed by atoms with van der Waals surface area (Å²) >= 11 is 0. The van der Waals surface area contributed by atoms with Crippen LogP contribution in [0.2, 0.25) is 0 Å². The maximum absolute atomic E-state index is 11.7. The summed E-state index contributed by atoms with van der Waals surface area (Å²) in [5, 5.41) is 10.5. The first-order chi connectivity index (χ1) is 15.7. The summed E-state index contributed by atoms with van der Waals surface area (Å²) in [5.41, 5.74) is 1.09. The second-order valence-electron chi connectivity index (χ2n) is 8.87. The van der Waals surface area contributed by atoms with Crippen molar-refractivity contribution >= 4 is 27.0 Å². The third-order valence-corrected chi connectivity index (χ3v) is 6.80. The Morgan fingerprint density at radius 1 is 1.09 bits per heavy atom. The Hall–Kier alpha value is -3.00. The summed E-state index contributed by atoms with van der Waals surface area (Å²) in [6, 6.07) is 15.2. The van der Waals surface area contributed by atoms with Gasteiger partial charge in [0.15, 0.2) is 0 Å². The van der Waals surface area contributed by atoms with Gasteiger partial charge in [-0.05, 0) is 87.4 Å². The van der Waals surface area contributed by atoms with Crippen LogP contribution in [0.15, 0.2) is 54.7 Å². The Bertz CT molecular complexity index is 1240. The molecule has 1 aliphatic rings. The monoisotopic (exact) mass is 471 g/mol. The van der Waals surface area contributed by atoms with Gasteiger partial charge in [-0.15, -0.1) is 0 Å². The number of aliphatic carboxylic acids is 1. The molecular weight excluding hydrogens is 442 g/mol. The summed E-state index contributed by atoms with van der Waals surface area (Å²) in [6.45, 7) is 2.15. The lowest BCUT2D eigenvalue weighted by Gasteiger charge is -2.25. The lowest BCUT2D eigenvalue weighted by molar-refractivity contribution is -0.154. The van der Waals surface area contributed by atoms with Crippen LogP contribution in [0.4, 0.5) is 0 Å². The third-order valence-electron chi connectivity index (χ3n) is 6.30. The first-order valence-electron chi connectivity index (χ1n) is 11.2. The van der Waals surface area contributed by atoms with Crippen LogP contribution in [0.1, 0.15) is 50.6 Å². The van der Waals surface area contributed by atoms with Gasteiger partial charge in [-0.3, -0.25) is 0 Å². The molecule has 1 fully saturated rings. The predicted molar refractivity (Wildman–Crippen MR) is 126 cm³/mol. The van der Waals surface area contributed by atoms with E-state index in [1.807, 2.05) is 42.6 Å². The largest absolute Gasteiger partial charge is 0.478 e. The SMILES string of the molecule is CC(CCc1ccc(OC2(C(=O)O)CCCC2)cc1)n1ccc2cc(OS(C)(=O)=O)ccc21. The van der Waals surface area contributed by atoms with Gasteiger partial charge in [0, 0.05) is 23.1 Å². The highest BCUT2D eigenvalue weighted by Crippen LogP contribution is 2.35. The molecule has 33 heavy (non-hydrogen) atoms. The van der Waals surface area contributed by atoms with Gasteiger partial charge in [-0.25, -0.2) is 4.79 Å². The molecule has 0 spiro atoms. The lowest BCUT2D eigenvalue weighted by atomic mass is 10.0. The second-order valence-corrected chi connectivity index (χ2v) is 10.4. The fourth-order valence-corrected chi connectivity index (χ4v) is 4.98. The number of carboxylic acid groups (broad SMARTS) is 1. The molecule has 0 bridgehead atoms. The summed E-state index contributed by atoms with van der Waals surface area (Å²) < 4.78 is 35.8. The van der Waals surface area contributed by atoms with E-state index in [0.717, 1.165) is 48.4 Å². The number of aryl methyl sites for hydroxylation is 1. The Morgan fingerprint density at radius 2 is 1.76 bits per heavy atom. The first kappa shape index (κ1) is 23.2. The van der Waals surface area contributed by atoms with Crippen molar-refractivity contribution in [2.24, 2.45) is 0 Å². The number of carboxylic acids is 1. The van der Waals surface area contributed by atoms with Gasteiger partial charge in [0.05, 0.1) is 6.26 Å². The van der Waals surface area contributed by atoms with E-state index in [1.165, 1.54) is 0 Å². The lowest BCUT2D eigenvalue weighted by Crippen LogP contribution is -2.41. The van der Waals surface area contributed by atoms with Gasteiger partial charge in [0.2, 0.25) is 5.60 Å². The van der Waals surface area contributed by atoms with Crippen LogP contribution in [0.25, 0.3) is 10.9 Å². The molecule has 4 rings (SSSR count). The Balaban J connectivity index is 1.39. The normalized spacial score (nSPS) is 16.5. The molecule has 1 heterocycles. The van der Waals surface area contributed by atoms with Gasteiger partial charge in [-0.2, -0.15) is 8.42 Å². The van der Waals surface area contributed by atoms with Crippen LogP contribution in [-0.4, -0.2) is 35.9 Å². The Morgan fingerprint density at radius 3 is 2.39 bits per heavy atom. The molecule has 176 valence electrons.